The first kappa shape index (κ1) is 51.5. The number of hydrogen-bond acceptors (Lipinski definition) is 3. The van der Waals surface area contributed by atoms with Crippen LogP contribution in [0.5, 0.6) is 0 Å². The van der Waals surface area contributed by atoms with Gasteiger partial charge in [-0.15, -0.1) is 0 Å². The summed E-state index contributed by atoms with van der Waals surface area (Å²) in [5.74, 6) is 0.167. The molecule has 0 amide bonds. The van der Waals surface area contributed by atoms with Crippen molar-refractivity contribution < 1.29 is 4.79 Å². The van der Waals surface area contributed by atoms with E-state index < -0.39 is 0 Å². The van der Waals surface area contributed by atoms with Crippen LogP contribution in [0.2, 0.25) is 0 Å². The van der Waals surface area contributed by atoms with E-state index in [9.17, 15) is 4.79 Å². The van der Waals surface area contributed by atoms with Gasteiger partial charge in [0.2, 0.25) is 0 Å². The Morgan fingerprint density at radius 3 is 0.842 bits per heavy atom. The van der Waals surface area contributed by atoms with Crippen LogP contribution in [0.4, 0.5) is 0 Å². The Kier molecular flexibility index (Phi) is 143. The third-order valence-corrected chi connectivity index (χ3v) is 0. The number of thiocarbonyl (C=S) groups is 1. The van der Waals surface area contributed by atoms with Crippen molar-refractivity contribution in [2.24, 2.45) is 0 Å². The predicted octanol–water partition coefficient (Wildman–Crippen LogP) is 7.00. The molecule has 0 unspecified atom stereocenters. The van der Waals surface area contributed by atoms with Crippen LogP contribution in [0.3, 0.4) is 0 Å². The Labute approximate surface area is 130 Å². The third-order valence-electron chi connectivity index (χ3n) is 0. The van der Waals surface area contributed by atoms with Crippen molar-refractivity contribution in [3.63, 3.8) is 0 Å². The van der Waals surface area contributed by atoms with Crippen LogP contribution in [0.1, 0.15) is 91.5 Å². The fraction of sp³-hybridized carbons (Fsp3) is 0.812. The highest BCUT2D eigenvalue weighted by atomic mass is 32.1. The van der Waals surface area contributed by atoms with Crippen molar-refractivity contribution in [2.45, 2.75) is 91.5 Å². The van der Waals surface area contributed by atoms with Gasteiger partial charge in [-0.05, 0) is 46.4 Å². The minimum absolute atomic E-state index is 0. The van der Waals surface area contributed by atoms with Gasteiger partial charge in [-0.1, -0.05) is 62.2 Å². The molecule has 19 heavy (non-hydrogen) atoms. The number of rotatable bonds is 0. The summed E-state index contributed by atoms with van der Waals surface area (Å²) in [7, 11) is 0. The molecule has 0 rings (SSSR count). The van der Waals surface area contributed by atoms with Gasteiger partial charge in [0.1, 0.15) is 5.78 Å². The molecule has 0 aliphatic carbocycles. The van der Waals surface area contributed by atoms with Gasteiger partial charge in [0, 0.05) is 5.71 Å². The third kappa shape index (κ3) is 12800. The maximum absolute atomic E-state index is 9.44. The van der Waals surface area contributed by atoms with Crippen molar-refractivity contribution >= 4 is 28.6 Å². The van der Waals surface area contributed by atoms with Crippen LogP contribution in [0.15, 0.2) is 0 Å². The first-order valence-corrected chi connectivity index (χ1v) is 5.48. The number of hydrogen-bond donors (Lipinski definition) is 1. The average molecular weight is 298 g/mol. The fourth-order valence-corrected chi connectivity index (χ4v) is 0. The van der Waals surface area contributed by atoms with Crippen molar-refractivity contribution in [1.82, 2.24) is 0 Å². The van der Waals surface area contributed by atoms with Gasteiger partial charge in [-0.25, -0.2) is 0 Å². The lowest BCUT2D eigenvalue weighted by Gasteiger charge is -1.63. The highest BCUT2D eigenvalue weighted by Gasteiger charge is 1.62. The highest BCUT2D eigenvalue weighted by Crippen LogP contribution is 1.61. The summed E-state index contributed by atoms with van der Waals surface area (Å²) < 4.78 is 0. The maximum Gasteiger partial charge on any atom is 0.126 e. The number of carbonyl (C=O) groups is 1. The Hall–Kier alpha value is -0.570. The average Bonchev–Trinajstić information content (AvgIpc) is 1.81. The summed E-state index contributed by atoms with van der Waals surface area (Å²) in [5.41, 5.74) is 0.667. The SMILES string of the molecule is C.C.C.C.CC(C)=N.CC(C)=O.CC(C)=S.CCC. The summed E-state index contributed by atoms with van der Waals surface area (Å²) in [5, 5.41) is 6.50. The molecule has 0 aliphatic rings. The van der Waals surface area contributed by atoms with E-state index in [1.165, 1.54) is 20.3 Å². The van der Waals surface area contributed by atoms with Gasteiger partial charge >= 0.3 is 0 Å². The molecule has 0 aliphatic heterocycles. The van der Waals surface area contributed by atoms with E-state index in [1.807, 2.05) is 13.8 Å². The Morgan fingerprint density at radius 2 is 0.842 bits per heavy atom. The van der Waals surface area contributed by atoms with Crippen LogP contribution in [-0.2, 0) is 4.79 Å². The molecule has 3 heteroatoms. The highest BCUT2D eigenvalue weighted by molar-refractivity contribution is 7.80. The topological polar surface area (TPSA) is 40.9 Å². The monoisotopic (exact) mass is 297 g/mol. The molecule has 0 saturated carbocycles. The summed E-state index contributed by atoms with van der Waals surface area (Å²) in [6.07, 6.45) is 1.25. The Morgan fingerprint density at radius 1 is 0.842 bits per heavy atom. The van der Waals surface area contributed by atoms with Gasteiger partial charge < -0.3 is 10.2 Å². The molecule has 0 atom stereocenters. The summed E-state index contributed by atoms with van der Waals surface area (Å²) in [6.45, 7) is 14.6. The minimum atomic E-state index is 0. The van der Waals surface area contributed by atoms with Gasteiger partial charge in [-0.3, -0.25) is 0 Å². The van der Waals surface area contributed by atoms with Gasteiger partial charge in [-0.2, -0.15) is 0 Å². The number of carbonyl (C=O) groups excluding carboxylic acids is 1. The van der Waals surface area contributed by atoms with Crippen LogP contribution < -0.4 is 0 Å². The van der Waals surface area contributed by atoms with Gasteiger partial charge in [0.05, 0.1) is 0 Å². The molecule has 0 bridgehead atoms. The molecular formula is C16H43NOS. The lowest BCUT2D eigenvalue weighted by molar-refractivity contribution is -0.114. The molecular weight excluding hydrogens is 254 g/mol. The number of nitrogens with one attached hydrogen (secondary N) is 1. The molecule has 0 aromatic carbocycles. The molecule has 124 valence electrons. The van der Waals surface area contributed by atoms with Crippen molar-refractivity contribution in [1.29, 1.82) is 5.41 Å². The van der Waals surface area contributed by atoms with E-state index in [0.29, 0.717) is 5.71 Å². The first-order chi connectivity index (χ1) is 6.61. The molecule has 2 nitrogen and oxygen atoms in total. The zero-order valence-corrected chi connectivity index (χ0v) is 12.3. The van der Waals surface area contributed by atoms with E-state index in [1.54, 1.807) is 13.8 Å². The van der Waals surface area contributed by atoms with Crippen LogP contribution in [-0.4, -0.2) is 16.4 Å². The van der Waals surface area contributed by atoms with Gasteiger partial charge in [0.25, 0.3) is 0 Å². The second kappa shape index (κ2) is 52.9. The normalized spacial score (nSPS) is 5.05. The quantitative estimate of drug-likeness (QED) is 0.386. The fourth-order valence-electron chi connectivity index (χ4n) is 0. The predicted molar refractivity (Wildman–Crippen MR) is 102 cm³/mol. The molecule has 0 spiro atoms. The van der Waals surface area contributed by atoms with Crippen molar-refractivity contribution in [3.05, 3.63) is 0 Å². The molecule has 0 aromatic heterocycles. The molecule has 1 N–H and O–H groups in total. The zero-order valence-electron chi connectivity index (χ0n) is 11.5. The molecule has 0 heterocycles. The van der Waals surface area contributed by atoms with Gasteiger partial charge in [0.15, 0.2) is 0 Å². The van der Waals surface area contributed by atoms with E-state index >= 15 is 0 Å². The maximum atomic E-state index is 9.44. The lowest BCUT2D eigenvalue weighted by atomic mass is 10.5. The molecule has 0 fully saturated rings. The number of ketones is 1. The standard InChI is InChI=1S/C3H7N.C3H6O.C3H6S.C3H8.4CH4/c3*1-3(2)4;1-3-2;;;;/h4H,1-2H3;2*1-2H3;3H2,1-2H3;4*1H4. The second-order valence-corrected chi connectivity index (χ2v) is 4.34. The molecule has 0 radical (unpaired) electrons. The Balaban J connectivity index is -0.0000000133. The van der Waals surface area contributed by atoms with Crippen LogP contribution >= 0.6 is 12.2 Å². The lowest BCUT2D eigenvalue weighted by Crippen LogP contribution is -1.69. The second-order valence-electron chi connectivity index (χ2n) is 3.52. The largest absolute Gasteiger partial charge is 0.310 e. The zero-order chi connectivity index (χ0) is 13.4. The van der Waals surface area contributed by atoms with E-state index in [4.69, 9.17) is 5.41 Å². The molecule has 0 saturated heterocycles. The van der Waals surface area contributed by atoms with Crippen molar-refractivity contribution in [2.75, 3.05) is 0 Å². The summed E-state index contributed by atoms with van der Waals surface area (Å²) >= 11 is 4.54. The number of Topliss-reactive ketones (excluding diaryl/α,β-unsaturated/α-hetero) is 1. The van der Waals surface area contributed by atoms with Crippen molar-refractivity contribution in [3.8, 4) is 0 Å². The van der Waals surface area contributed by atoms with Crippen LogP contribution in [0.25, 0.3) is 0 Å². The Bertz CT molecular complexity index is 126. The van der Waals surface area contributed by atoms with E-state index in [2.05, 4.69) is 26.1 Å². The minimum Gasteiger partial charge on any atom is -0.310 e. The smallest absolute Gasteiger partial charge is 0.126 e. The summed E-state index contributed by atoms with van der Waals surface area (Å²) in [4.78, 5) is 10.4. The van der Waals surface area contributed by atoms with E-state index in [0.717, 1.165) is 4.86 Å². The first-order valence-electron chi connectivity index (χ1n) is 5.07. The summed E-state index contributed by atoms with van der Waals surface area (Å²) in [6, 6.07) is 0. The molecule has 0 aromatic rings. The van der Waals surface area contributed by atoms with Crippen LogP contribution in [0, 0.1) is 5.41 Å². The van der Waals surface area contributed by atoms with E-state index in [-0.39, 0.29) is 35.5 Å².